The van der Waals surface area contributed by atoms with Gasteiger partial charge >= 0.3 is 0 Å². The molecule has 0 aliphatic rings. The molecule has 0 spiro atoms. The molecular weight excluding hydrogens is 388 g/mol. The van der Waals surface area contributed by atoms with Crippen LogP contribution >= 0.6 is 15.9 Å². The van der Waals surface area contributed by atoms with Crippen molar-refractivity contribution < 1.29 is 19.4 Å². The van der Waals surface area contributed by atoms with Gasteiger partial charge in [-0.2, -0.15) is 5.10 Å². The Labute approximate surface area is 154 Å². The van der Waals surface area contributed by atoms with Gasteiger partial charge < -0.3 is 14.6 Å². The minimum absolute atomic E-state index is 0.0600. The first-order valence-electron chi connectivity index (χ1n) is 7.49. The highest BCUT2D eigenvalue weighted by Crippen LogP contribution is 2.32. The second-order valence-corrected chi connectivity index (χ2v) is 6.31. The largest absolute Gasteiger partial charge is 0.504 e. The number of aryl methyl sites for hydroxylation is 2. The summed E-state index contributed by atoms with van der Waals surface area (Å²) < 4.78 is 11.2. The molecule has 0 bridgehead atoms. The molecule has 0 heterocycles. The van der Waals surface area contributed by atoms with Gasteiger partial charge in [-0.1, -0.05) is 33.6 Å². The summed E-state index contributed by atoms with van der Waals surface area (Å²) in [5.41, 5.74) is 4.85. The number of benzene rings is 2. The van der Waals surface area contributed by atoms with Gasteiger partial charge in [0, 0.05) is 10.0 Å². The van der Waals surface area contributed by atoms with Crippen LogP contribution in [0.5, 0.6) is 17.2 Å². The third-order valence-corrected chi connectivity index (χ3v) is 3.83. The van der Waals surface area contributed by atoms with Gasteiger partial charge in [0.05, 0.1) is 13.3 Å². The van der Waals surface area contributed by atoms with E-state index in [0.717, 1.165) is 11.1 Å². The molecule has 2 rings (SSSR count). The summed E-state index contributed by atoms with van der Waals surface area (Å²) in [5.74, 6) is 0.493. The number of hydrogen-bond acceptors (Lipinski definition) is 5. The Balaban J connectivity index is 1.93. The van der Waals surface area contributed by atoms with E-state index in [1.165, 1.54) is 13.3 Å². The Hall–Kier alpha value is -2.54. The maximum atomic E-state index is 11.8. The van der Waals surface area contributed by atoms with Crippen molar-refractivity contribution in [2.45, 2.75) is 13.8 Å². The average molecular weight is 407 g/mol. The summed E-state index contributed by atoms with van der Waals surface area (Å²) in [7, 11) is 1.45. The Morgan fingerprint density at radius 1 is 1.28 bits per heavy atom. The van der Waals surface area contributed by atoms with Gasteiger partial charge in [-0.05, 0) is 37.6 Å². The molecule has 132 valence electrons. The molecule has 0 saturated carbocycles. The van der Waals surface area contributed by atoms with Crippen LogP contribution in [0.4, 0.5) is 0 Å². The molecule has 0 fully saturated rings. The predicted octanol–water partition coefficient (Wildman–Crippen LogP) is 3.31. The molecule has 2 N–H and O–H groups in total. The first-order valence-corrected chi connectivity index (χ1v) is 8.28. The zero-order chi connectivity index (χ0) is 18.4. The predicted molar refractivity (Wildman–Crippen MR) is 99.5 cm³/mol. The number of amides is 1. The van der Waals surface area contributed by atoms with Gasteiger partial charge in [-0.25, -0.2) is 5.43 Å². The number of rotatable bonds is 6. The number of nitrogens with zero attached hydrogens (tertiary/aromatic N) is 1. The van der Waals surface area contributed by atoms with E-state index in [1.54, 1.807) is 12.1 Å². The molecule has 25 heavy (non-hydrogen) atoms. The maximum Gasteiger partial charge on any atom is 0.277 e. The average Bonchev–Trinajstić information content (AvgIpc) is 2.56. The number of hydrogen-bond donors (Lipinski definition) is 2. The van der Waals surface area contributed by atoms with Crippen molar-refractivity contribution >= 4 is 28.1 Å². The van der Waals surface area contributed by atoms with Crippen molar-refractivity contribution in [3.63, 3.8) is 0 Å². The number of phenols is 1. The van der Waals surface area contributed by atoms with Gasteiger partial charge in [-0.3, -0.25) is 4.79 Å². The number of halogens is 1. The summed E-state index contributed by atoms with van der Waals surface area (Å²) >= 11 is 3.31. The van der Waals surface area contributed by atoms with E-state index < -0.39 is 5.91 Å². The first kappa shape index (κ1) is 18.8. The van der Waals surface area contributed by atoms with Crippen molar-refractivity contribution in [3.8, 4) is 17.2 Å². The highest BCUT2D eigenvalue weighted by atomic mass is 79.9. The van der Waals surface area contributed by atoms with E-state index in [1.807, 2.05) is 32.0 Å². The van der Waals surface area contributed by atoms with Crippen LogP contribution in [0.3, 0.4) is 0 Å². The summed E-state index contributed by atoms with van der Waals surface area (Å²) in [4.78, 5) is 11.8. The SMILES string of the molecule is COc1cc(Br)cc(/C=N\NC(=O)COc2ccc(C)cc2C)c1O. The molecular formula is C18H19BrN2O4. The van der Waals surface area contributed by atoms with Gasteiger partial charge in [0.2, 0.25) is 0 Å². The van der Waals surface area contributed by atoms with Crippen LogP contribution in [0.1, 0.15) is 16.7 Å². The Kier molecular flexibility index (Phi) is 6.41. The zero-order valence-electron chi connectivity index (χ0n) is 14.2. The minimum atomic E-state index is -0.405. The quantitative estimate of drug-likeness (QED) is 0.569. The second-order valence-electron chi connectivity index (χ2n) is 5.40. The third kappa shape index (κ3) is 5.22. The van der Waals surface area contributed by atoms with Crippen LogP contribution in [0.25, 0.3) is 0 Å². The van der Waals surface area contributed by atoms with Crippen LogP contribution in [0.15, 0.2) is 39.9 Å². The lowest BCUT2D eigenvalue weighted by atomic mass is 10.1. The molecule has 0 radical (unpaired) electrons. The number of carbonyl (C=O) groups excluding carboxylic acids is 1. The number of hydrazone groups is 1. The van der Waals surface area contributed by atoms with E-state index in [9.17, 15) is 9.90 Å². The molecule has 6 nitrogen and oxygen atoms in total. The van der Waals surface area contributed by atoms with E-state index in [4.69, 9.17) is 9.47 Å². The Bertz CT molecular complexity index is 806. The zero-order valence-corrected chi connectivity index (χ0v) is 15.8. The minimum Gasteiger partial charge on any atom is -0.504 e. The van der Waals surface area contributed by atoms with Crippen LogP contribution in [-0.2, 0) is 4.79 Å². The first-order chi connectivity index (χ1) is 11.9. The molecule has 1 amide bonds. The number of methoxy groups -OCH3 is 1. The van der Waals surface area contributed by atoms with Crippen molar-refractivity contribution in [1.82, 2.24) is 5.43 Å². The van der Waals surface area contributed by atoms with E-state index in [-0.39, 0.29) is 12.4 Å². The van der Waals surface area contributed by atoms with E-state index in [0.29, 0.717) is 21.5 Å². The lowest BCUT2D eigenvalue weighted by molar-refractivity contribution is -0.123. The van der Waals surface area contributed by atoms with Crippen LogP contribution in [-0.4, -0.2) is 30.9 Å². The van der Waals surface area contributed by atoms with Crippen molar-refractivity contribution in [1.29, 1.82) is 0 Å². The third-order valence-electron chi connectivity index (χ3n) is 3.37. The molecule has 0 unspecified atom stereocenters. The molecule has 0 aliphatic heterocycles. The fourth-order valence-electron chi connectivity index (χ4n) is 2.16. The Morgan fingerprint density at radius 2 is 2.04 bits per heavy atom. The van der Waals surface area contributed by atoms with Crippen molar-refractivity contribution in [2.24, 2.45) is 5.10 Å². The summed E-state index contributed by atoms with van der Waals surface area (Å²) in [6, 6.07) is 9.01. The van der Waals surface area contributed by atoms with Gasteiger partial charge in [-0.15, -0.1) is 0 Å². The topological polar surface area (TPSA) is 80.2 Å². The van der Waals surface area contributed by atoms with E-state index in [2.05, 4.69) is 26.5 Å². The monoisotopic (exact) mass is 406 g/mol. The van der Waals surface area contributed by atoms with Crippen LogP contribution < -0.4 is 14.9 Å². The molecule has 2 aromatic carbocycles. The molecule has 0 saturated heterocycles. The number of nitrogens with one attached hydrogen (secondary N) is 1. The van der Waals surface area contributed by atoms with Gasteiger partial charge in [0.1, 0.15) is 5.75 Å². The summed E-state index contributed by atoms with van der Waals surface area (Å²) in [5, 5.41) is 13.8. The lowest BCUT2D eigenvalue weighted by Crippen LogP contribution is -2.24. The number of ether oxygens (including phenoxy) is 2. The summed E-state index contributed by atoms with van der Waals surface area (Å²) in [6.45, 7) is 3.75. The number of aromatic hydroxyl groups is 1. The highest BCUT2D eigenvalue weighted by molar-refractivity contribution is 9.10. The van der Waals surface area contributed by atoms with E-state index >= 15 is 0 Å². The normalized spacial score (nSPS) is 10.7. The molecule has 0 atom stereocenters. The summed E-state index contributed by atoms with van der Waals surface area (Å²) in [6.07, 6.45) is 1.33. The molecule has 2 aromatic rings. The standard InChI is InChI=1S/C18H19BrN2O4/c1-11-4-5-15(12(2)6-11)25-10-17(22)21-20-9-13-7-14(19)8-16(24-3)18(13)23/h4-9,23H,10H2,1-3H3,(H,21,22)/b20-9-. The number of phenolic OH excluding ortho intramolecular Hbond substituents is 1. The van der Waals surface area contributed by atoms with Gasteiger partial charge in [0.15, 0.2) is 18.1 Å². The second kappa shape index (κ2) is 8.53. The van der Waals surface area contributed by atoms with Gasteiger partial charge in [0.25, 0.3) is 5.91 Å². The smallest absolute Gasteiger partial charge is 0.277 e. The highest BCUT2D eigenvalue weighted by Gasteiger charge is 2.08. The van der Waals surface area contributed by atoms with Crippen molar-refractivity contribution in [2.75, 3.05) is 13.7 Å². The fraction of sp³-hybridized carbons (Fsp3) is 0.222. The van der Waals surface area contributed by atoms with Crippen molar-refractivity contribution in [3.05, 3.63) is 51.5 Å². The molecule has 0 aliphatic carbocycles. The van der Waals surface area contributed by atoms with Crippen LogP contribution in [0.2, 0.25) is 0 Å². The maximum absolute atomic E-state index is 11.8. The molecule has 7 heteroatoms. The molecule has 0 aromatic heterocycles. The van der Waals surface area contributed by atoms with Crippen LogP contribution in [0, 0.1) is 13.8 Å². The fourth-order valence-corrected chi connectivity index (χ4v) is 2.61. The lowest BCUT2D eigenvalue weighted by Gasteiger charge is -2.09. The Morgan fingerprint density at radius 3 is 2.72 bits per heavy atom. The number of carbonyl (C=O) groups is 1.